The number of amides is 1. The summed E-state index contributed by atoms with van der Waals surface area (Å²) in [6.45, 7) is 2.19. The highest BCUT2D eigenvalue weighted by Gasteiger charge is 2.25. The summed E-state index contributed by atoms with van der Waals surface area (Å²) in [6, 6.07) is 5.15. The lowest BCUT2D eigenvalue weighted by Crippen LogP contribution is -2.35. The van der Waals surface area contributed by atoms with Gasteiger partial charge in [0.2, 0.25) is 5.91 Å². The van der Waals surface area contributed by atoms with E-state index in [4.69, 9.17) is 16.3 Å². The Bertz CT molecular complexity index is 660. The number of benzene rings is 1. The van der Waals surface area contributed by atoms with Gasteiger partial charge in [0.05, 0.1) is 18.4 Å². The number of nitrogens with one attached hydrogen (secondary N) is 1. The van der Waals surface area contributed by atoms with Crippen molar-refractivity contribution in [1.29, 1.82) is 0 Å². The van der Waals surface area contributed by atoms with Crippen LogP contribution in [0.15, 0.2) is 18.2 Å². The highest BCUT2D eigenvalue weighted by atomic mass is 35.5. The van der Waals surface area contributed by atoms with E-state index in [9.17, 15) is 13.2 Å². The monoisotopic (exact) mass is 345 g/mol. The summed E-state index contributed by atoms with van der Waals surface area (Å²) in [6.07, 6.45) is 2.68. The molecular weight excluding hydrogens is 326 g/mol. The average Bonchev–Trinajstić information content (AvgIpc) is 2.59. The topological polar surface area (TPSA) is 72.5 Å². The van der Waals surface area contributed by atoms with Gasteiger partial charge >= 0.3 is 0 Å². The van der Waals surface area contributed by atoms with Crippen LogP contribution in [0.3, 0.4) is 0 Å². The molecule has 0 aliphatic carbocycles. The molecule has 5 nitrogen and oxygen atoms in total. The summed E-state index contributed by atoms with van der Waals surface area (Å²) in [7, 11) is -3.19. The quantitative estimate of drug-likeness (QED) is 0.909. The summed E-state index contributed by atoms with van der Waals surface area (Å²) in [5, 5.41) is 3.51. The fourth-order valence-electron chi connectivity index (χ4n) is 2.54. The molecule has 2 rings (SSSR count). The van der Waals surface area contributed by atoms with E-state index in [1.165, 1.54) is 0 Å². The Kier molecular flexibility index (Phi) is 5.34. The molecule has 1 aliphatic heterocycles. The molecule has 0 fully saturated rings. The van der Waals surface area contributed by atoms with Crippen LogP contribution in [0.25, 0.3) is 0 Å². The molecule has 0 bridgehead atoms. The molecule has 1 N–H and O–H groups in total. The molecule has 7 heteroatoms. The molecule has 22 heavy (non-hydrogen) atoms. The van der Waals surface area contributed by atoms with Gasteiger partial charge in [0.15, 0.2) is 0 Å². The Labute approximate surface area is 135 Å². The Hall–Kier alpha value is -1.27. The van der Waals surface area contributed by atoms with Crippen LogP contribution in [0, 0.1) is 5.92 Å². The third-order valence-electron chi connectivity index (χ3n) is 3.56. The number of hydrogen-bond donors (Lipinski definition) is 1. The first kappa shape index (κ1) is 17.1. The average molecular weight is 346 g/mol. The molecule has 0 saturated heterocycles. The van der Waals surface area contributed by atoms with Crippen molar-refractivity contribution >= 4 is 27.3 Å². The van der Waals surface area contributed by atoms with Crippen LogP contribution in [-0.4, -0.2) is 32.9 Å². The summed E-state index contributed by atoms with van der Waals surface area (Å²) in [4.78, 5) is 12.2. The van der Waals surface area contributed by atoms with Crippen LogP contribution in [0.1, 0.15) is 31.4 Å². The van der Waals surface area contributed by atoms with Gasteiger partial charge in [-0.2, -0.15) is 0 Å². The van der Waals surface area contributed by atoms with E-state index in [1.807, 2.05) is 6.07 Å². The first-order valence-corrected chi connectivity index (χ1v) is 9.60. The minimum Gasteiger partial charge on any atom is -0.493 e. The number of hydrogen-bond acceptors (Lipinski definition) is 4. The molecule has 0 spiro atoms. The van der Waals surface area contributed by atoms with Crippen molar-refractivity contribution in [2.45, 2.75) is 25.8 Å². The normalized spacial score (nSPS) is 19.5. The van der Waals surface area contributed by atoms with E-state index in [0.29, 0.717) is 17.4 Å². The molecule has 0 radical (unpaired) electrons. The van der Waals surface area contributed by atoms with Crippen molar-refractivity contribution in [2.24, 2.45) is 5.92 Å². The molecule has 122 valence electrons. The standard InChI is InChI=1S/C15H20ClNO4S/c1-10(9-22(2,19)20)15(18)17-13-4-3-7-21-14-8-11(16)5-6-12(13)14/h5-6,8,10,13H,3-4,7,9H2,1-2H3,(H,17,18)/t10-,13-/m0/s1. The minimum atomic E-state index is -3.19. The number of ether oxygens (including phenoxy) is 1. The number of sulfone groups is 1. The maximum atomic E-state index is 12.2. The number of carbonyl (C=O) groups excluding carboxylic acids is 1. The summed E-state index contributed by atoms with van der Waals surface area (Å²) < 4.78 is 28.3. The molecule has 0 saturated carbocycles. The van der Waals surface area contributed by atoms with Gasteiger partial charge in [-0.1, -0.05) is 24.6 Å². The Morgan fingerprint density at radius 3 is 2.91 bits per heavy atom. The molecule has 1 aliphatic rings. The largest absolute Gasteiger partial charge is 0.493 e. The molecule has 0 unspecified atom stereocenters. The highest BCUT2D eigenvalue weighted by Crippen LogP contribution is 2.33. The summed E-state index contributed by atoms with van der Waals surface area (Å²) >= 11 is 5.97. The van der Waals surface area contributed by atoms with E-state index in [0.717, 1.165) is 24.7 Å². The van der Waals surface area contributed by atoms with Crippen LogP contribution in [0.2, 0.25) is 5.02 Å². The maximum Gasteiger partial charge on any atom is 0.224 e. The van der Waals surface area contributed by atoms with Gasteiger partial charge in [-0.25, -0.2) is 8.42 Å². The lowest BCUT2D eigenvalue weighted by Gasteiger charge is -2.20. The predicted molar refractivity (Wildman–Crippen MR) is 85.9 cm³/mol. The summed E-state index contributed by atoms with van der Waals surface area (Å²) in [5.74, 6) is -0.338. The number of rotatable bonds is 4. The second-order valence-electron chi connectivity index (χ2n) is 5.73. The van der Waals surface area contributed by atoms with Crippen LogP contribution in [0.4, 0.5) is 0 Å². The van der Waals surface area contributed by atoms with E-state index < -0.39 is 15.8 Å². The second-order valence-corrected chi connectivity index (χ2v) is 8.35. The van der Waals surface area contributed by atoms with Crippen molar-refractivity contribution in [3.63, 3.8) is 0 Å². The summed E-state index contributed by atoms with van der Waals surface area (Å²) in [5.41, 5.74) is 0.877. The number of fused-ring (bicyclic) bond motifs is 1. The van der Waals surface area contributed by atoms with Crippen LogP contribution in [0.5, 0.6) is 5.75 Å². The predicted octanol–water partition coefficient (Wildman–Crippen LogP) is 2.35. The first-order valence-electron chi connectivity index (χ1n) is 7.16. The Balaban J connectivity index is 2.14. The zero-order chi connectivity index (χ0) is 16.3. The lowest BCUT2D eigenvalue weighted by molar-refractivity contribution is -0.124. The van der Waals surface area contributed by atoms with Gasteiger partial charge in [-0.15, -0.1) is 0 Å². The highest BCUT2D eigenvalue weighted by molar-refractivity contribution is 7.90. The van der Waals surface area contributed by atoms with Crippen molar-refractivity contribution in [1.82, 2.24) is 5.32 Å². The molecule has 0 aromatic heterocycles. The minimum absolute atomic E-state index is 0.157. The van der Waals surface area contributed by atoms with E-state index >= 15 is 0 Å². The van der Waals surface area contributed by atoms with E-state index in [1.54, 1.807) is 19.1 Å². The smallest absolute Gasteiger partial charge is 0.224 e. The Morgan fingerprint density at radius 1 is 1.50 bits per heavy atom. The number of halogens is 1. The fourth-order valence-corrected chi connectivity index (χ4v) is 3.76. The van der Waals surface area contributed by atoms with Crippen molar-refractivity contribution < 1.29 is 17.9 Å². The third-order valence-corrected chi connectivity index (χ3v) is 4.90. The van der Waals surface area contributed by atoms with Crippen molar-refractivity contribution in [2.75, 3.05) is 18.6 Å². The molecule has 1 heterocycles. The molecule has 2 atom stereocenters. The molecule has 1 aromatic rings. The molecule has 1 aromatic carbocycles. The first-order chi connectivity index (χ1) is 10.3. The zero-order valence-electron chi connectivity index (χ0n) is 12.6. The lowest BCUT2D eigenvalue weighted by atomic mass is 10.0. The van der Waals surface area contributed by atoms with Gasteiger partial charge < -0.3 is 10.1 Å². The van der Waals surface area contributed by atoms with Crippen molar-refractivity contribution in [3.05, 3.63) is 28.8 Å². The Morgan fingerprint density at radius 2 is 2.23 bits per heavy atom. The van der Waals surface area contributed by atoms with Gasteiger partial charge in [0.1, 0.15) is 15.6 Å². The number of carbonyl (C=O) groups is 1. The third kappa shape index (κ3) is 4.61. The second kappa shape index (κ2) is 6.87. The molecule has 1 amide bonds. The van der Waals surface area contributed by atoms with Crippen LogP contribution in [-0.2, 0) is 14.6 Å². The van der Waals surface area contributed by atoms with Gasteiger partial charge in [-0.3, -0.25) is 4.79 Å². The van der Waals surface area contributed by atoms with Crippen LogP contribution < -0.4 is 10.1 Å². The van der Waals surface area contributed by atoms with Crippen LogP contribution >= 0.6 is 11.6 Å². The van der Waals surface area contributed by atoms with Crippen molar-refractivity contribution in [3.8, 4) is 5.75 Å². The van der Waals surface area contributed by atoms with Gasteiger partial charge in [-0.05, 0) is 25.0 Å². The molecular formula is C15H20ClNO4S. The maximum absolute atomic E-state index is 12.2. The van der Waals surface area contributed by atoms with Gasteiger partial charge in [0, 0.05) is 22.8 Å². The van der Waals surface area contributed by atoms with E-state index in [-0.39, 0.29) is 17.7 Å². The van der Waals surface area contributed by atoms with E-state index in [2.05, 4.69) is 5.32 Å². The van der Waals surface area contributed by atoms with Gasteiger partial charge in [0.25, 0.3) is 0 Å². The fraction of sp³-hybridized carbons (Fsp3) is 0.533. The zero-order valence-corrected chi connectivity index (χ0v) is 14.2. The SMILES string of the molecule is C[C@@H](CS(C)(=O)=O)C(=O)N[C@H]1CCCOc2cc(Cl)ccc21.